The Morgan fingerprint density at radius 2 is 1.91 bits per heavy atom. The number of ether oxygens (including phenoxy) is 1. The summed E-state index contributed by atoms with van der Waals surface area (Å²) in [6, 6.07) is 0. The summed E-state index contributed by atoms with van der Waals surface area (Å²) in [5, 5.41) is 0. The van der Waals surface area contributed by atoms with Crippen molar-refractivity contribution in [1.29, 1.82) is 0 Å². The zero-order valence-corrected chi connectivity index (χ0v) is 6.93. The summed E-state index contributed by atoms with van der Waals surface area (Å²) in [7, 11) is 4.95. The number of carbonyl (C=O) groups is 1. The van der Waals surface area contributed by atoms with E-state index in [1.807, 2.05) is 6.92 Å². The normalized spacial score (nSPS) is 22.6. The van der Waals surface area contributed by atoms with Gasteiger partial charge in [-0.2, -0.15) is 0 Å². The quantitative estimate of drug-likeness (QED) is 0.537. The van der Waals surface area contributed by atoms with E-state index in [2.05, 4.69) is 0 Å². The van der Waals surface area contributed by atoms with Crippen molar-refractivity contribution in [3.05, 3.63) is 0 Å². The van der Waals surface area contributed by atoms with Crippen molar-refractivity contribution in [2.24, 2.45) is 0 Å². The van der Waals surface area contributed by atoms with Gasteiger partial charge >= 0.3 is 0 Å². The van der Waals surface area contributed by atoms with E-state index in [0.29, 0.717) is 0 Å². The van der Waals surface area contributed by atoms with Crippen molar-refractivity contribution in [3.8, 4) is 0 Å². The fraction of sp³-hybridized carbons (Fsp3) is 0.875. The monoisotopic (exact) mass is 152 g/mol. The van der Waals surface area contributed by atoms with E-state index >= 15 is 0 Å². The molecule has 0 saturated heterocycles. The predicted octanol–water partition coefficient (Wildman–Crippen LogP) is 2.01. The van der Waals surface area contributed by atoms with Gasteiger partial charge in [-0.05, 0) is 32.6 Å². The van der Waals surface area contributed by atoms with Crippen molar-refractivity contribution in [1.82, 2.24) is 0 Å². The Hall–Kier alpha value is -0.465. The zero-order chi connectivity index (χ0) is 8.32. The van der Waals surface area contributed by atoms with Crippen LogP contribution in [0.5, 0.6) is 0 Å². The summed E-state index contributed by atoms with van der Waals surface area (Å²) in [5.41, 5.74) is -0.274. The molecule has 0 aromatic rings. The molecule has 0 heterocycles. The molecule has 0 bridgehead atoms. The van der Waals surface area contributed by atoms with Gasteiger partial charge < -0.3 is 4.74 Å². The first-order valence-corrected chi connectivity index (χ1v) is 4.11. The topological polar surface area (TPSA) is 26.3 Å². The lowest BCUT2D eigenvalue weighted by Crippen LogP contribution is -2.33. The lowest BCUT2D eigenvalue weighted by molar-refractivity contribution is 0.0120. The Morgan fingerprint density at radius 3 is 2.36 bits per heavy atom. The van der Waals surface area contributed by atoms with Crippen LogP contribution in [0.25, 0.3) is 0 Å². The third kappa shape index (κ3) is 2.56. The van der Waals surface area contributed by atoms with Gasteiger partial charge in [0.25, 0.3) is 0 Å². The minimum absolute atomic E-state index is 0.274. The first-order chi connectivity index (χ1) is 5.12. The third-order valence-corrected chi connectivity index (χ3v) is 2.26. The molecule has 1 aliphatic rings. The highest BCUT2D eigenvalue weighted by molar-refractivity contribution is 6.55. The molecule has 0 atom stereocenters. The number of rotatable bonds is 1. The summed E-state index contributed by atoms with van der Waals surface area (Å²) in [6.45, 7) is 1.96. The van der Waals surface area contributed by atoms with Crippen molar-refractivity contribution in [3.63, 3.8) is 0 Å². The molecule has 11 heavy (non-hydrogen) atoms. The lowest BCUT2D eigenvalue weighted by atomic mass is 9.86. The van der Waals surface area contributed by atoms with E-state index in [9.17, 15) is 4.79 Å². The highest BCUT2D eigenvalue weighted by Crippen LogP contribution is 2.30. The van der Waals surface area contributed by atoms with Crippen LogP contribution in [0.4, 0.5) is 4.79 Å². The standard InChI is InChI=1S/C8H13BO2/c1-8(11-7(9)10)5-3-2-4-6-8/h2-6H2,1H3. The van der Waals surface area contributed by atoms with Crippen LogP contribution in [0, 0.1) is 0 Å². The van der Waals surface area contributed by atoms with Crippen molar-refractivity contribution >= 4 is 13.7 Å². The highest BCUT2D eigenvalue weighted by Gasteiger charge is 2.28. The average molecular weight is 152 g/mol. The van der Waals surface area contributed by atoms with Gasteiger partial charge in [-0.3, -0.25) is 4.79 Å². The van der Waals surface area contributed by atoms with Crippen molar-refractivity contribution in [2.75, 3.05) is 0 Å². The maximum atomic E-state index is 10.5. The second-order valence-electron chi connectivity index (χ2n) is 3.43. The van der Waals surface area contributed by atoms with Gasteiger partial charge in [-0.15, -0.1) is 0 Å². The maximum Gasteiger partial charge on any atom is 0.236 e. The largest absolute Gasteiger partial charge is 0.468 e. The first-order valence-electron chi connectivity index (χ1n) is 4.11. The fourth-order valence-corrected chi connectivity index (χ4v) is 1.64. The van der Waals surface area contributed by atoms with Gasteiger partial charge in [-0.1, -0.05) is 6.42 Å². The molecule has 0 spiro atoms. The van der Waals surface area contributed by atoms with E-state index in [0.717, 1.165) is 25.7 Å². The third-order valence-electron chi connectivity index (χ3n) is 2.26. The van der Waals surface area contributed by atoms with Crippen LogP contribution in [0.15, 0.2) is 0 Å². The summed E-state index contributed by atoms with van der Waals surface area (Å²) in [6.07, 6.45) is 5.44. The molecule has 1 saturated carbocycles. The van der Waals surface area contributed by atoms with Crippen molar-refractivity contribution in [2.45, 2.75) is 44.6 Å². The molecule has 60 valence electrons. The Bertz CT molecular complexity index is 150. The molecule has 0 aliphatic heterocycles. The summed E-state index contributed by atoms with van der Waals surface area (Å²) >= 11 is 0. The van der Waals surface area contributed by atoms with Crippen LogP contribution in [0.2, 0.25) is 0 Å². The summed E-state index contributed by atoms with van der Waals surface area (Å²) in [4.78, 5) is 10.5. The average Bonchev–Trinajstić information content (AvgIpc) is 1.85. The molecule has 0 aromatic carbocycles. The zero-order valence-electron chi connectivity index (χ0n) is 6.93. The van der Waals surface area contributed by atoms with Crippen LogP contribution in [0.1, 0.15) is 39.0 Å². The first kappa shape index (κ1) is 8.63. The Kier molecular flexibility index (Phi) is 2.58. The van der Waals surface area contributed by atoms with Gasteiger partial charge in [0.05, 0.1) is 0 Å². The highest BCUT2D eigenvalue weighted by atomic mass is 16.5. The molecule has 0 N–H and O–H groups in total. The number of carbonyl (C=O) groups excluding carboxylic acids is 1. The maximum absolute atomic E-state index is 10.5. The van der Waals surface area contributed by atoms with Crippen molar-refractivity contribution < 1.29 is 9.53 Å². The van der Waals surface area contributed by atoms with E-state index < -0.39 is 5.87 Å². The van der Waals surface area contributed by atoms with Gasteiger partial charge in [0.2, 0.25) is 13.7 Å². The van der Waals surface area contributed by atoms with E-state index in [-0.39, 0.29) is 5.60 Å². The van der Waals surface area contributed by atoms with E-state index in [4.69, 9.17) is 12.6 Å². The predicted molar refractivity (Wildman–Crippen MR) is 43.7 cm³/mol. The van der Waals surface area contributed by atoms with Gasteiger partial charge in [0.15, 0.2) is 0 Å². The SMILES string of the molecule is [B]C(=O)OC1(C)CCCCC1. The fourth-order valence-electron chi connectivity index (χ4n) is 1.64. The Labute approximate surface area is 68.7 Å². The van der Waals surface area contributed by atoms with Gasteiger partial charge in [0, 0.05) is 0 Å². The van der Waals surface area contributed by atoms with Crippen LogP contribution < -0.4 is 0 Å². The molecule has 1 rings (SSSR count). The smallest absolute Gasteiger partial charge is 0.236 e. The van der Waals surface area contributed by atoms with Crippen LogP contribution in [0.3, 0.4) is 0 Å². The molecular weight excluding hydrogens is 139 g/mol. The molecule has 2 nitrogen and oxygen atoms in total. The molecule has 0 amide bonds. The van der Waals surface area contributed by atoms with E-state index in [1.54, 1.807) is 0 Å². The van der Waals surface area contributed by atoms with Crippen LogP contribution in [-0.2, 0) is 4.74 Å². The molecular formula is C8H13BO2. The Morgan fingerprint density at radius 1 is 1.36 bits per heavy atom. The second-order valence-corrected chi connectivity index (χ2v) is 3.43. The molecule has 0 aromatic heterocycles. The molecule has 3 heteroatoms. The summed E-state index contributed by atoms with van der Waals surface area (Å²) < 4.78 is 5.02. The molecule has 0 unspecified atom stereocenters. The lowest BCUT2D eigenvalue weighted by Gasteiger charge is -2.32. The molecule has 1 fully saturated rings. The minimum Gasteiger partial charge on any atom is -0.468 e. The van der Waals surface area contributed by atoms with Gasteiger partial charge in [-0.25, -0.2) is 0 Å². The molecule has 1 aliphatic carbocycles. The van der Waals surface area contributed by atoms with E-state index in [1.165, 1.54) is 6.42 Å². The second kappa shape index (κ2) is 3.29. The van der Waals surface area contributed by atoms with Crippen LogP contribution >= 0.6 is 0 Å². The van der Waals surface area contributed by atoms with Crippen LogP contribution in [-0.4, -0.2) is 19.3 Å². The Balaban J connectivity index is 2.43. The summed E-state index contributed by atoms with van der Waals surface area (Å²) in [5.74, 6) is -0.644. The number of hydrogen-bond donors (Lipinski definition) is 0. The molecule has 2 radical (unpaired) electrons. The number of hydrogen-bond acceptors (Lipinski definition) is 2. The minimum atomic E-state index is -0.644. The van der Waals surface area contributed by atoms with Gasteiger partial charge in [0.1, 0.15) is 5.60 Å².